The Bertz CT molecular complexity index is 388. The zero-order chi connectivity index (χ0) is 12.9. The predicted octanol–water partition coefficient (Wildman–Crippen LogP) is 1.61. The maximum absolute atomic E-state index is 12.3. The van der Waals surface area contributed by atoms with Crippen LogP contribution in [0.15, 0.2) is 24.3 Å². The first-order valence-electron chi connectivity index (χ1n) is 4.89. The number of carboxylic acids is 1. The third-order valence-corrected chi connectivity index (χ3v) is 1.96. The van der Waals surface area contributed by atoms with E-state index in [9.17, 15) is 23.1 Å². The Morgan fingerprint density at radius 3 is 2.65 bits per heavy atom. The molecule has 94 valence electrons. The van der Waals surface area contributed by atoms with Crippen LogP contribution in [-0.2, 0) is 11.0 Å². The summed E-state index contributed by atoms with van der Waals surface area (Å²) in [6.07, 6.45) is -4.40. The Hall–Kier alpha value is -1.72. The molecule has 1 aromatic rings. The van der Waals surface area contributed by atoms with Crippen molar-refractivity contribution in [1.29, 1.82) is 0 Å². The molecule has 0 atom stereocenters. The van der Waals surface area contributed by atoms with Crippen molar-refractivity contribution in [3.63, 3.8) is 0 Å². The lowest BCUT2D eigenvalue weighted by Gasteiger charge is -2.10. The van der Waals surface area contributed by atoms with Crippen LogP contribution in [0.1, 0.15) is 18.4 Å². The van der Waals surface area contributed by atoms with E-state index in [2.05, 4.69) is 0 Å². The molecular weight excluding hydrogens is 237 g/mol. The minimum atomic E-state index is -4.41. The van der Waals surface area contributed by atoms with Crippen LogP contribution < -0.4 is 9.84 Å². The SMILES string of the molecule is O=C([O-])CCCOc1cccc(C(F)(F)F)c1. The van der Waals surface area contributed by atoms with Gasteiger partial charge in [-0.3, -0.25) is 0 Å². The van der Waals surface area contributed by atoms with Gasteiger partial charge < -0.3 is 14.6 Å². The molecule has 0 aliphatic heterocycles. The predicted molar refractivity (Wildman–Crippen MR) is 51.2 cm³/mol. The number of carbonyl (C=O) groups excluding carboxylic acids is 1. The van der Waals surface area contributed by atoms with Gasteiger partial charge in [0.15, 0.2) is 0 Å². The number of carbonyl (C=O) groups is 1. The normalized spacial score (nSPS) is 11.2. The number of rotatable bonds is 5. The highest BCUT2D eigenvalue weighted by atomic mass is 19.4. The molecule has 0 aliphatic rings. The molecule has 0 heterocycles. The van der Waals surface area contributed by atoms with Crippen molar-refractivity contribution in [2.45, 2.75) is 19.0 Å². The van der Waals surface area contributed by atoms with E-state index in [1.807, 2.05) is 0 Å². The van der Waals surface area contributed by atoms with Crippen LogP contribution in [0.5, 0.6) is 5.75 Å². The molecule has 1 aromatic carbocycles. The minimum absolute atomic E-state index is 0.0370. The number of aliphatic carboxylic acids is 1. The molecule has 0 saturated carbocycles. The highest BCUT2D eigenvalue weighted by Crippen LogP contribution is 2.31. The summed E-state index contributed by atoms with van der Waals surface area (Å²) < 4.78 is 42.0. The molecule has 0 bridgehead atoms. The second-order valence-corrected chi connectivity index (χ2v) is 3.35. The quantitative estimate of drug-likeness (QED) is 0.743. The second kappa shape index (κ2) is 5.56. The van der Waals surface area contributed by atoms with Crippen LogP contribution in [0, 0.1) is 0 Å². The lowest BCUT2D eigenvalue weighted by Crippen LogP contribution is -2.22. The van der Waals surface area contributed by atoms with Gasteiger partial charge in [0.2, 0.25) is 0 Å². The van der Waals surface area contributed by atoms with Crippen molar-refractivity contribution in [2.75, 3.05) is 6.61 Å². The van der Waals surface area contributed by atoms with E-state index in [1.54, 1.807) is 0 Å². The van der Waals surface area contributed by atoms with E-state index in [0.717, 1.165) is 12.1 Å². The molecule has 1 rings (SSSR count). The van der Waals surface area contributed by atoms with Crippen molar-refractivity contribution < 1.29 is 27.8 Å². The summed E-state index contributed by atoms with van der Waals surface area (Å²) in [5.74, 6) is -1.14. The third kappa shape index (κ3) is 4.76. The first-order valence-corrected chi connectivity index (χ1v) is 4.89. The minimum Gasteiger partial charge on any atom is -0.550 e. The largest absolute Gasteiger partial charge is 0.550 e. The molecule has 3 nitrogen and oxygen atoms in total. The van der Waals surface area contributed by atoms with Gasteiger partial charge in [-0.15, -0.1) is 0 Å². The van der Waals surface area contributed by atoms with Crippen molar-refractivity contribution in [3.8, 4) is 5.75 Å². The van der Waals surface area contributed by atoms with Gasteiger partial charge in [0.1, 0.15) is 5.75 Å². The van der Waals surface area contributed by atoms with Crippen LogP contribution in [0.2, 0.25) is 0 Å². The number of benzene rings is 1. The molecule has 0 N–H and O–H groups in total. The zero-order valence-corrected chi connectivity index (χ0v) is 8.79. The fourth-order valence-corrected chi connectivity index (χ4v) is 1.17. The maximum atomic E-state index is 12.3. The van der Waals surface area contributed by atoms with E-state index >= 15 is 0 Å². The summed E-state index contributed by atoms with van der Waals surface area (Å²) in [6.45, 7) is 0.0370. The summed E-state index contributed by atoms with van der Waals surface area (Å²) in [6, 6.07) is 4.43. The zero-order valence-electron chi connectivity index (χ0n) is 8.79. The third-order valence-electron chi connectivity index (χ3n) is 1.96. The molecule has 6 heteroatoms. The summed E-state index contributed by atoms with van der Waals surface area (Å²) >= 11 is 0. The van der Waals surface area contributed by atoms with Crippen LogP contribution in [0.4, 0.5) is 13.2 Å². The first-order chi connectivity index (χ1) is 7.89. The van der Waals surface area contributed by atoms with Crippen LogP contribution in [-0.4, -0.2) is 12.6 Å². The Balaban J connectivity index is 2.52. The number of hydrogen-bond donors (Lipinski definition) is 0. The fraction of sp³-hybridized carbons (Fsp3) is 0.364. The van der Waals surface area contributed by atoms with E-state index < -0.39 is 17.7 Å². The second-order valence-electron chi connectivity index (χ2n) is 3.35. The van der Waals surface area contributed by atoms with E-state index in [0.29, 0.717) is 0 Å². The molecule has 0 spiro atoms. The van der Waals surface area contributed by atoms with E-state index in [1.165, 1.54) is 12.1 Å². The summed E-state index contributed by atoms with van der Waals surface area (Å²) in [5, 5.41) is 10.1. The summed E-state index contributed by atoms with van der Waals surface area (Å²) in [5.41, 5.74) is -0.796. The smallest absolute Gasteiger partial charge is 0.416 e. The molecule has 0 radical (unpaired) electrons. The van der Waals surface area contributed by atoms with E-state index in [-0.39, 0.29) is 25.2 Å². The molecule has 0 aromatic heterocycles. The maximum Gasteiger partial charge on any atom is 0.416 e. The highest BCUT2D eigenvalue weighted by molar-refractivity contribution is 5.64. The highest BCUT2D eigenvalue weighted by Gasteiger charge is 2.30. The van der Waals surface area contributed by atoms with Crippen LogP contribution in [0.25, 0.3) is 0 Å². The number of halogens is 3. The lowest BCUT2D eigenvalue weighted by molar-refractivity contribution is -0.305. The standard InChI is InChI=1S/C11H11F3O3/c12-11(13,14)8-3-1-4-9(7-8)17-6-2-5-10(15)16/h1,3-4,7H,2,5-6H2,(H,15,16)/p-1. The van der Waals surface area contributed by atoms with Crippen LogP contribution in [0.3, 0.4) is 0 Å². The average Bonchev–Trinajstić information content (AvgIpc) is 2.23. The number of hydrogen-bond acceptors (Lipinski definition) is 3. The molecule has 0 saturated heterocycles. The van der Waals surface area contributed by atoms with Gasteiger partial charge in [0, 0.05) is 5.97 Å². The monoisotopic (exact) mass is 247 g/mol. The van der Waals surface area contributed by atoms with E-state index in [4.69, 9.17) is 4.74 Å². The Morgan fingerprint density at radius 2 is 2.06 bits per heavy atom. The average molecular weight is 247 g/mol. The van der Waals surface area contributed by atoms with Crippen molar-refractivity contribution >= 4 is 5.97 Å². The van der Waals surface area contributed by atoms with Gasteiger partial charge in [0.05, 0.1) is 12.2 Å². The topological polar surface area (TPSA) is 49.4 Å². The number of alkyl halides is 3. The van der Waals surface area contributed by atoms with Crippen molar-refractivity contribution in [3.05, 3.63) is 29.8 Å². The van der Waals surface area contributed by atoms with Gasteiger partial charge >= 0.3 is 6.18 Å². The first kappa shape index (κ1) is 13.3. The van der Waals surface area contributed by atoms with Crippen molar-refractivity contribution in [2.24, 2.45) is 0 Å². The van der Waals surface area contributed by atoms with Crippen LogP contribution >= 0.6 is 0 Å². The Morgan fingerprint density at radius 1 is 1.35 bits per heavy atom. The number of carboxylic acid groups (broad SMARTS) is 1. The molecule has 0 amide bonds. The fourth-order valence-electron chi connectivity index (χ4n) is 1.17. The van der Waals surface area contributed by atoms with Gasteiger partial charge in [0.25, 0.3) is 0 Å². The van der Waals surface area contributed by atoms with Gasteiger partial charge in [-0.25, -0.2) is 0 Å². The van der Waals surface area contributed by atoms with Gasteiger partial charge in [-0.2, -0.15) is 13.2 Å². The number of ether oxygens (including phenoxy) is 1. The molecule has 0 fully saturated rings. The molecular formula is C11H10F3O3-. The van der Waals surface area contributed by atoms with Gasteiger partial charge in [-0.05, 0) is 31.0 Å². The van der Waals surface area contributed by atoms with Gasteiger partial charge in [-0.1, -0.05) is 6.07 Å². The van der Waals surface area contributed by atoms with Crippen molar-refractivity contribution in [1.82, 2.24) is 0 Å². The molecule has 0 aliphatic carbocycles. The Kier molecular flexibility index (Phi) is 4.37. The molecule has 17 heavy (non-hydrogen) atoms. The molecule has 0 unspecified atom stereocenters. The summed E-state index contributed by atoms with van der Waals surface area (Å²) in [4.78, 5) is 10.1. The lowest BCUT2D eigenvalue weighted by atomic mass is 10.2. The summed E-state index contributed by atoms with van der Waals surface area (Å²) in [7, 11) is 0. The Labute approximate surface area is 95.8 Å².